The van der Waals surface area contributed by atoms with Gasteiger partial charge in [0, 0.05) is 11.9 Å². The van der Waals surface area contributed by atoms with E-state index in [1.165, 1.54) is 0 Å². The molecule has 5 heteroatoms. The summed E-state index contributed by atoms with van der Waals surface area (Å²) in [5, 5.41) is 12.7. The zero-order chi connectivity index (χ0) is 21.3. The van der Waals surface area contributed by atoms with Crippen molar-refractivity contribution in [1.82, 2.24) is 0 Å². The number of hydrogen-bond acceptors (Lipinski definition) is 2. The fourth-order valence-corrected chi connectivity index (χ4v) is 8.29. The number of fused-ring (bicyclic) bond motifs is 1. The molecule has 150 valence electrons. The SMILES string of the molecule is O=C1C(=P(c2ccccc2)(c2ccccc2)c2ccccc2)N=Nc2ccc(Cl)cc21. The molecule has 0 amide bonds. The van der Waals surface area contributed by atoms with Crippen LogP contribution in [0.1, 0.15) is 10.4 Å². The molecular weight excluding hydrogens is 423 g/mol. The summed E-state index contributed by atoms with van der Waals surface area (Å²) in [5.41, 5.74) is 1.50. The molecule has 0 radical (unpaired) electrons. The zero-order valence-electron chi connectivity index (χ0n) is 16.5. The average Bonchev–Trinajstić information content (AvgIpc) is 2.83. The van der Waals surface area contributed by atoms with Gasteiger partial charge in [0.05, 0.1) is 11.3 Å². The maximum Gasteiger partial charge on any atom is 0.216 e. The summed E-state index contributed by atoms with van der Waals surface area (Å²) >= 11 is 6.23. The molecule has 0 saturated carbocycles. The predicted octanol–water partition coefficient (Wildman–Crippen LogP) is 5.74. The van der Waals surface area contributed by atoms with E-state index >= 15 is 0 Å². The number of Topliss-reactive ketones (excluding diaryl/α,β-unsaturated/α-hetero) is 1. The van der Waals surface area contributed by atoms with Gasteiger partial charge in [-0.3, -0.25) is 4.79 Å². The predicted molar refractivity (Wildman–Crippen MR) is 130 cm³/mol. The molecule has 31 heavy (non-hydrogen) atoms. The molecule has 0 aliphatic carbocycles. The molecule has 1 aliphatic rings. The minimum absolute atomic E-state index is 0.127. The van der Waals surface area contributed by atoms with Crippen molar-refractivity contribution in [2.75, 3.05) is 0 Å². The van der Waals surface area contributed by atoms with Crippen molar-refractivity contribution >= 4 is 51.3 Å². The third kappa shape index (κ3) is 3.27. The number of azo groups is 1. The molecule has 0 atom stereocenters. The summed E-state index contributed by atoms with van der Waals surface area (Å²) < 4.78 is 0. The Labute approximate surface area is 186 Å². The zero-order valence-corrected chi connectivity index (χ0v) is 18.2. The lowest BCUT2D eigenvalue weighted by Crippen LogP contribution is -2.33. The highest BCUT2D eigenvalue weighted by atomic mass is 35.5. The number of ketones is 1. The van der Waals surface area contributed by atoms with Gasteiger partial charge < -0.3 is 0 Å². The largest absolute Gasteiger partial charge is 0.287 e. The molecule has 5 rings (SSSR count). The van der Waals surface area contributed by atoms with Crippen LogP contribution in [0.4, 0.5) is 5.69 Å². The molecule has 0 saturated heterocycles. The van der Waals surface area contributed by atoms with Gasteiger partial charge in [-0.1, -0.05) is 103 Å². The van der Waals surface area contributed by atoms with Gasteiger partial charge in [0.1, 0.15) is 5.42 Å². The van der Waals surface area contributed by atoms with E-state index in [1.54, 1.807) is 18.2 Å². The van der Waals surface area contributed by atoms with Gasteiger partial charge in [-0.15, -0.1) is 10.2 Å². The van der Waals surface area contributed by atoms with Crippen molar-refractivity contribution in [2.24, 2.45) is 10.2 Å². The Balaban J connectivity index is 1.98. The number of hydrogen-bond donors (Lipinski definition) is 0. The first kappa shape index (κ1) is 19.7. The molecule has 4 aromatic rings. The highest BCUT2D eigenvalue weighted by Gasteiger charge is 2.36. The van der Waals surface area contributed by atoms with Crippen LogP contribution in [0.25, 0.3) is 0 Å². The van der Waals surface area contributed by atoms with Gasteiger partial charge >= 0.3 is 0 Å². The van der Waals surface area contributed by atoms with Gasteiger partial charge in [0.25, 0.3) is 0 Å². The number of carbonyl (C=O) groups is 1. The van der Waals surface area contributed by atoms with E-state index in [0.29, 0.717) is 21.7 Å². The van der Waals surface area contributed by atoms with Crippen molar-refractivity contribution < 1.29 is 4.79 Å². The third-order valence-corrected chi connectivity index (χ3v) is 9.79. The lowest BCUT2D eigenvalue weighted by molar-refractivity contribution is 0.106. The Kier molecular flexibility index (Phi) is 5.15. The van der Waals surface area contributed by atoms with Gasteiger partial charge in [-0.25, -0.2) is 0 Å². The van der Waals surface area contributed by atoms with Gasteiger partial charge in [0.15, 0.2) is 0 Å². The van der Waals surface area contributed by atoms with Crippen LogP contribution in [0, 0.1) is 0 Å². The summed E-state index contributed by atoms with van der Waals surface area (Å²) in [4.78, 5) is 13.9. The highest BCUT2D eigenvalue weighted by Crippen LogP contribution is 2.48. The van der Waals surface area contributed by atoms with Gasteiger partial charge in [-0.2, -0.15) is 0 Å². The summed E-state index contributed by atoms with van der Waals surface area (Å²) in [6.45, 7) is -2.59. The van der Waals surface area contributed by atoms with Crippen molar-refractivity contribution in [2.45, 2.75) is 0 Å². The topological polar surface area (TPSA) is 41.8 Å². The second-order valence-corrected chi connectivity index (χ2v) is 10.9. The molecule has 1 aliphatic heterocycles. The van der Waals surface area contributed by atoms with E-state index in [1.807, 2.05) is 54.6 Å². The van der Waals surface area contributed by atoms with Crippen LogP contribution >= 0.6 is 18.5 Å². The van der Waals surface area contributed by atoms with Crippen molar-refractivity contribution in [1.29, 1.82) is 0 Å². The molecule has 0 N–H and O–H groups in total. The molecule has 0 aromatic heterocycles. The highest BCUT2D eigenvalue weighted by molar-refractivity contribution is 7.96. The van der Waals surface area contributed by atoms with Crippen molar-refractivity contribution in [3.8, 4) is 0 Å². The molecule has 4 aromatic carbocycles. The minimum atomic E-state index is -2.59. The maximum atomic E-state index is 13.9. The Hall–Kier alpha value is -3.26. The minimum Gasteiger partial charge on any atom is -0.287 e. The molecule has 0 unspecified atom stereocenters. The van der Waals surface area contributed by atoms with E-state index in [0.717, 1.165) is 15.9 Å². The molecule has 0 spiro atoms. The second-order valence-electron chi connectivity index (χ2n) is 7.19. The summed E-state index contributed by atoms with van der Waals surface area (Å²) in [6.07, 6.45) is 0. The first-order valence-electron chi connectivity index (χ1n) is 9.90. The van der Waals surface area contributed by atoms with Crippen LogP contribution in [0.5, 0.6) is 0 Å². The van der Waals surface area contributed by atoms with E-state index in [2.05, 4.69) is 46.6 Å². The number of halogens is 1. The molecule has 3 nitrogen and oxygen atoms in total. The number of nitrogens with zero attached hydrogens (tertiary/aromatic N) is 2. The fraction of sp³-hybridized carbons (Fsp3) is 0. The quantitative estimate of drug-likeness (QED) is 0.374. The lowest BCUT2D eigenvalue weighted by atomic mass is 10.1. The Morgan fingerprint density at radius 1 is 0.613 bits per heavy atom. The fourth-order valence-electron chi connectivity index (χ4n) is 4.03. The van der Waals surface area contributed by atoms with Crippen LogP contribution in [0.15, 0.2) is 119 Å². The van der Waals surface area contributed by atoms with E-state index < -0.39 is 6.89 Å². The van der Waals surface area contributed by atoms with Gasteiger partial charge in [0.2, 0.25) is 5.78 Å². The average molecular weight is 441 g/mol. The number of benzene rings is 4. The molecule has 0 fully saturated rings. The standard InChI is InChI=1S/C26H18ClN2OP/c27-19-16-17-24-23(18-19)25(30)26(29-28-24)31(20-10-4-1-5-11-20,21-12-6-2-7-13-21)22-14-8-3-9-15-22/h1-18H. The third-order valence-electron chi connectivity index (χ3n) is 5.41. The van der Waals surface area contributed by atoms with Crippen LogP contribution in [0.2, 0.25) is 5.02 Å². The summed E-state index contributed by atoms with van der Waals surface area (Å²) in [5.74, 6) is -0.127. The Bertz CT molecular complexity index is 1250. The molecule has 0 bridgehead atoms. The van der Waals surface area contributed by atoms with Crippen LogP contribution in [0.3, 0.4) is 0 Å². The van der Waals surface area contributed by atoms with E-state index in [-0.39, 0.29) is 5.78 Å². The summed E-state index contributed by atoms with van der Waals surface area (Å²) in [6, 6.07) is 35.6. The van der Waals surface area contributed by atoms with Crippen LogP contribution in [-0.4, -0.2) is 11.2 Å². The first-order valence-corrected chi connectivity index (χ1v) is 12.1. The van der Waals surface area contributed by atoms with Gasteiger partial charge in [-0.05, 0) is 34.1 Å². The van der Waals surface area contributed by atoms with Crippen LogP contribution < -0.4 is 15.9 Å². The monoisotopic (exact) mass is 440 g/mol. The van der Waals surface area contributed by atoms with Crippen molar-refractivity contribution in [3.05, 3.63) is 120 Å². The number of rotatable bonds is 3. The smallest absolute Gasteiger partial charge is 0.216 e. The van der Waals surface area contributed by atoms with E-state index in [4.69, 9.17) is 11.6 Å². The molecular formula is C26H18ClN2OP. The van der Waals surface area contributed by atoms with Crippen LogP contribution in [-0.2, 0) is 0 Å². The first-order chi connectivity index (χ1) is 15.2. The Morgan fingerprint density at radius 2 is 1.10 bits per heavy atom. The second kappa shape index (κ2) is 8.11. The lowest BCUT2D eigenvalue weighted by Gasteiger charge is -2.31. The van der Waals surface area contributed by atoms with E-state index in [9.17, 15) is 4.79 Å². The summed E-state index contributed by atoms with van der Waals surface area (Å²) in [7, 11) is 0. The maximum absolute atomic E-state index is 13.9. The van der Waals surface area contributed by atoms with Crippen molar-refractivity contribution in [3.63, 3.8) is 0 Å². The Morgan fingerprint density at radius 3 is 1.58 bits per heavy atom. The number of carbonyl (C=O) groups excluding carboxylic acids is 1. The molecule has 1 heterocycles. The normalized spacial score (nSPS) is 13.2.